The van der Waals surface area contributed by atoms with Crippen LogP contribution in [-0.4, -0.2) is 49.1 Å². The van der Waals surface area contributed by atoms with Gasteiger partial charge >= 0.3 is 0 Å². The Morgan fingerprint density at radius 2 is 1.20 bits per heavy atom. The molecule has 1 fully saturated rings. The highest BCUT2D eigenvalue weighted by molar-refractivity contribution is 4.76. The number of hydrogen-bond donors (Lipinski definition) is 0. The van der Waals surface area contributed by atoms with Gasteiger partial charge < -0.3 is 9.80 Å². The Hall–Kier alpha value is -0.0800. The molecule has 2 heteroatoms. The molecule has 0 aromatic rings. The van der Waals surface area contributed by atoms with Gasteiger partial charge in [-0.3, -0.25) is 0 Å². The number of piperazine rings is 1. The lowest BCUT2D eigenvalue weighted by atomic mass is 9.96. The second-order valence-corrected chi connectivity index (χ2v) is 7.80. The van der Waals surface area contributed by atoms with E-state index >= 15 is 0 Å². The van der Waals surface area contributed by atoms with Crippen LogP contribution in [0.25, 0.3) is 0 Å². The van der Waals surface area contributed by atoms with E-state index in [1.165, 1.54) is 84.2 Å². The van der Waals surface area contributed by atoms with Crippen LogP contribution >= 0.6 is 0 Å². The van der Waals surface area contributed by atoms with Gasteiger partial charge in [-0.1, -0.05) is 66.2 Å². The molecule has 0 amide bonds. The number of rotatable bonds is 9. The highest BCUT2D eigenvalue weighted by atomic mass is 15.3. The van der Waals surface area contributed by atoms with Crippen molar-refractivity contribution in [2.75, 3.05) is 39.3 Å². The third-order valence-electron chi connectivity index (χ3n) is 4.24. The average molecular weight is 283 g/mol. The van der Waals surface area contributed by atoms with E-state index in [1.807, 2.05) is 0 Å². The van der Waals surface area contributed by atoms with E-state index in [1.54, 1.807) is 0 Å². The Morgan fingerprint density at radius 3 is 1.75 bits per heavy atom. The monoisotopic (exact) mass is 282 g/mol. The zero-order valence-electron chi connectivity index (χ0n) is 14.6. The molecule has 1 aliphatic rings. The largest absolute Gasteiger partial charge is 0.301 e. The highest BCUT2D eigenvalue weighted by Gasteiger charge is 2.20. The summed E-state index contributed by atoms with van der Waals surface area (Å²) in [5, 5.41) is 0. The summed E-state index contributed by atoms with van der Waals surface area (Å²) in [4.78, 5) is 5.31. The van der Waals surface area contributed by atoms with Gasteiger partial charge in [0.25, 0.3) is 0 Å². The molecule has 0 N–H and O–H groups in total. The molecule has 0 radical (unpaired) electrons. The van der Waals surface area contributed by atoms with E-state index in [0.717, 1.165) is 0 Å². The van der Waals surface area contributed by atoms with Crippen molar-refractivity contribution in [3.8, 4) is 0 Å². The minimum atomic E-state index is 0.445. The van der Waals surface area contributed by atoms with E-state index in [9.17, 15) is 0 Å². The minimum absolute atomic E-state index is 0.445. The van der Waals surface area contributed by atoms with Crippen LogP contribution in [0.5, 0.6) is 0 Å². The Bertz CT molecular complexity index is 224. The maximum absolute atomic E-state index is 2.67. The first-order chi connectivity index (χ1) is 9.51. The first kappa shape index (κ1) is 18.0. The topological polar surface area (TPSA) is 6.48 Å². The molecule has 0 saturated carbocycles. The Morgan fingerprint density at radius 1 is 0.700 bits per heavy atom. The van der Waals surface area contributed by atoms with Gasteiger partial charge in [-0.2, -0.15) is 0 Å². The molecule has 0 unspecified atom stereocenters. The minimum Gasteiger partial charge on any atom is -0.301 e. The summed E-state index contributed by atoms with van der Waals surface area (Å²) in [7, 11) is 0. The van der Waals surface area contributed by atoms with Crippen molar-refractivity contribution in [1.29, 1.82) is 0 Å². The summed E-state index contributed by atoms with van der Waals surface area (Å²) < 4.78 is 0. The van der Waals surface area contributed by atoms with Crippen molar-refractivity contribution in [2.24, 2.45) is 5.41 Å². The normalized spacial score (nSPS) is 18.6. The molecule has 0 aromatic carbocycles. The third kappa shape index (κ3) is 8.97. The van der Waals surface area contributed by atoms with Crippen LogP contribution in [0.4, 0.5) is 0 Å². The van der Waals surface area contributed by atoms with Crippen molar-refractivity contribution in [2.45, 2.75) is 72.6 Å². The summed E-state index contributed by atoms with van der Waals surface area (Å²) in [6, 6.07) is 0. The van der Waals surface area contributed by atoms with Gasteiger partial charge in [0.1, 0.15) is 0 Å². The maximum atomic E-state index is 2.67. The lowest BCUT2D eigenvalue weighted by Gasteiger charge is -2.37. The number of nitrogens with zero attached hydrogens (tertiary/aromatic N) is 2. The number of unbranched alkanes of at least 4 members (excludes halogenated alkanes) is 6. The van der Waals surface area contributed by atoms with E-state index in [2.05, 4.69) is 37.5 Å². The summed E-state index contributed by atoms with van der Waals surface area (Å²) in [5.74, 6) is 0. The second-order valence-electron chi connectivity index (χ2n) is 7.80. The third-order valence-corrected chi connectivity index (χ3v) is 4.24. The van der Waals surface area contributed by atoms with Crippen LogP contribution in [0.2, 0.25) is 0 Å². The smallest absolute Gasteiger partial charge is 0.0110 e. The van der Waals surface area contributed by atoms with Crippen molar-refractivity contribution >= 4 is 0 Å². The van der Waals surface area contributed by atoms with E-state index in [4.69, 9.17) is 0 Å². The van der Waals surface area contributed by atoms with Gasteiger partial charge in [-0.25, -0.2) is 0 Å². The fourth-order valence-electron chi connectivity index (χ4n) is 3.13. The van der Waals surface area contributed by atoms with Crippen molar-refractivity contribution in [1.82, 2.24) is 9.80 Å². The molecule has 20 heavy (non-hydrogen) atoms. The number of hydrogen-bond acceptors (Lipinski definition) is 2. The molecule has 1 saturated heterocycles. The van der Waals surface area contributed by atoms with Gasteiger partial charge in [0, 0.05) is 32.7 Å². The Kier molecular flexibility index (Phi) is 8.79. The molecular formula is C18H38N2. The van der Waals surface area contributed by atoms with Crippen molar-refractivity contribution in [3.05, 3.63) is 0 Å². The fraction of sp³-hybridized carbons (Fsp3) is 1.00. The first-order valence-corrected chi connectivity index (χ1v) is 8.96. The lowest BCUT2D eigenvalue weighted by Crippen LogP contribution is -2.48. The van der Waals surface area contributed by atoms with Gasteiger partial charge in [0.05, 0.1) is 0 Å². The van der Waals surface area contributed by atoms with Gasteiger partial charge in [0.2, 0.25) is 0 Å². The molecule has 120 valence electrons. The van der Waals surface area contributed by atoms with Crippen LogP contribution in [0, 0.1) is 5.41 Å². The quantitative estimate of drug-likeness (QED) is 0.578. The lowest BCUT2D eigenvalue weighted by molar-refractivity contribution is 0.101. The van der Waals surface area contributed by atoms with Crippen LogP contribution < -0.4 is 0 Å². The average Bonchev–Trinajstić information content (AvgIpc) is 2.38. The molecule has 0 bridgehead atoms. The molecular weight excluding hydrogens is 244 g/mol. The molecule has 0 atom stereocenters. The Balaban J connectivity index is 1.97. The molecule has 1 heterocycles. The van der Waals surface area contributed by atoms with Crippen LogP contribution in [0.3, 0.4) is 0 Å². The van der Waals surface area contributed by atoms with E-state index in [0.29, 0.717) is 5.41 Å². The van der Waals surface area contributed by atoms with Gasteiger partial charge in [0.15, 0.2) is 0 Å². The predicted molar refractivity (Wildman–Crippen MR) is 90.3 cm³/mol. The molecule has 0 aliphatic carbocycles. The molecule has 2 nitrogen and oxygen atoms in total. The summed E-state index contributed by atoms with van der Waals surface area (Å²) in [6.07, 6.45) is 9.98. The van der Waals surface area contributed by atoms with E-state index in [-0.39, 0.29) is 0 Å². The highest BCUT2D eigenvalue weighted by Crippen LogP contribution is 2.16. The zero-order chi connectivity index (χ0) is 14.8. The van der Waals surface area contributed by atoms with Crippen LogP contribution in [0.15, 0.2) is 0 Å². The zero-order valence-corrected chi connectivity index (χ0v) is 14.6. The van der Waals surface area contributed by atoms with E-state index < -0.39 is 0 Å². The summed E-state index contributed by atoms with van der Waals surface area (Å²) in [6.45, 7) is 17.0. The van der Waals surface area contributed by atoms with Crippen LogP contribution in [0.1, 0.15) is 72.6 Å². The van der Waals surface area contributed by atoms with Gasteiger partial charge in [-0.05, 0) is 18.4 Å². The summed E-state index contributed by atoms with van der Waals surface area (Å²) in [5.41, 5.74) is 0.445. The maximum Gasteiger partial charge on any atom is 0.0110 e. The fourth-order valence-corrected chi connectivity index (χ4v) is 3.13. The first-order valence-electron chi connectivity index (χ1n) is 8.96. The predicted octanol–water partition coefficient (Wildman–Crippen LogP) is 4.40. The SMILES string of the molecule is CCCCCCCCCN1CCN(CC(C)(C)C)CC1. The van der Waals surface area contributed by atoms with Gasteiger partial charge in [-0.15, -0.1) is 0 Å². The van der Waals surface area contributed by atoms with Crippen molar-refractivity contribution < 1.29 is 0 Å². The standard InChI is InChI=1S/C18H38N2/c1-5-6-7-8-9-10-11-12-19-13-15-20(16-14-19)17-18(2,3)4/h5-17H2,1-4H3. The molecule has 1 rings (SSSR count). The Labute approximate surface area is 127 Å². The molecule has 0 spiro atoms. The second kappa shape index (κ2) is 9.78. The summed E-state index contributed by atoms with van der Waals surface area (Å²) >= 11 is 0. The van der Waals surface area contributed by atoms with Crippen LogP contribution in [-0.2, 0) is 0 Å². The molecule has 0 aromatic heterocycles. The molecule has 1 aliphatic heterocycles. The van der Waals surface area contributed by atoms with Crippen molar-refractivity contribution in [3.63, 3.8) is 0 Å².